The predicted octanol–water partition coefficient (Wildman–Crippen LogP) is 6.28. The first-order chi connectivity index (χ1) is 17.0. The topological polar surface area (TPSA) is 69.8 Å². The first-order valence-corrected chi connectivity index (χ1v) is 11.9. The quantitative estimate of drug-likeness (QED) is 0.269. The molecule has 5 nitrogen and oxygen atoms in total. The van der Waals surface area contributed by atoms with Crippen molar-refractivity contribution >= 4 is 50.9 Å². The molecule has 5 aromatic rings. The highest BCUT2D eigenvalue weighted by Crippen LogP contribution is 2.33. The molecule has 1 amide bonds. The maximum Gasteiger partial charge on any atom is 0.251 e. The van der Waals surface area contributed by atoms with Crippen LogP contribution in [-0.4, -0.2) is 15.9 Å². The van der Waals surface area contributed by atoms with Gasteiger partial charge in [0, 0.05) is 57.9 Å². The second-order valence-electron chi connectivity index (χ2n) is 8.64. The van der Waals surface area contributed by atoms with Crippen molar-refractivity contribution in [3.8, 4) is 0 Å². The van der Waals surface area contributed by atoms with E-state index in [0.29, 0.717) is 38.6 Å². The lowest BCUT2D eigenvalue weighted by Crippen LogP contribution is -2.23. The van der Waals surface area contributed by atoms with E-state index in [0.717, 1.165) is 27.6 Å². The highest BCUT2D eigenvalue weighted by atomic mass is 35.5. The van der Waals surface area contributed by atoms with Crippen molar-refractivity contribution in [3.05, 3.63) is 111 Å². The molecule has 0 radical (unpaired) electrons. The van der Waals surface area contributed by atoms with E-state index in [2.05, 4.69) is 26.7 Å². The lowest BCUT2D eigenvalue weighted by Gasteiger charge is -2.14. The fourth-order valence-electron chi connectivity index (χ4n) is 4.63. The molecule has 0 bridgehead atoms. The van der Waals surface area contributed by atoms with Gasteiger partial charge in [-0.15, -0.1) is 0 Å². The van der Waals surface area contributed by atoms with Gasteiger partial charge >= 0.3 is 0 Å². The maximum absolute atomic E-state index is 14.5. The zero-order chi connectivity index (χ0) is 24.1. The largest absolute Gasteiger partial charge is 0.360 e. The van der Waals surface area contributed by atoms with E-state index in [1.165, 1.54) is 6.07 Å². The number of aromatic nitrogens is 2. The minimum Gasteiger partial charge on any atom is -0.360 e. The third kappa shape index (κ3) is 4.04. The number of nitrogens with one attached hydrogen (secondary N) is 3. The van der Waals surface area contributed by atoms with Gasteiger partial charge in [0.05, 0.1) is 16.6 Å². The van der Waals surface area contributed by atoms with Gasteiger partial charge in [0.2, 0.25) is 0 Å². The lowest BCUT2D eigenvalue weighted by molar-refractivity contribution is 0.0950. The third-order valence-corrected chi connectivity index (χ3v) is 7.00. The van der Waals surface area contributed by atoms with Crippen molar-refractivity contribution in [2.45, 2.75) is 19.1 Å². The summed E-state index contributed by atoms with van der Waals surface area (Å²) in [5.41, 5.74) is 5.50. The third-order valence-electron chi connectivity index (χ3n) is 6.45. The molecule has 0 saturated heterocycles. The smallest absolute Gasteiger partial charge is 0.251 e. The Bertz CT molecular complexity index is 1630. The molecule has 1 aliphatic heterocycles. The summed E-state index contributed by atoms with van der Waals surface area (Å²) >= 11 is 12.3. The molecule has 0 fully saturated rings. The van der Waals surface area contributed by atoms with Gasteiger partial charge in [-0.3, -0.25) is 9.78 Å². The number of fused-ring (bicyclic) bond motifs is 3. The molecule has 3 N–H and O–H groups in total. The van der Waals surface area contributed by atoms with Crippen molar-refractivity contribution in [2.24, 2.45) is 0 Å². The molecule has 0 aliphatic carbocycles. The van der Waals surface area contributed by atoms with Gasteiger partial charge < -0.3 is 15.6 Å². The molecule has 0 spiro atoms. The molecule has 0 saturated carbocycles. The van der Waals surface area contributed by atoms with Crippen LogP contribution in [0.4, 0.5) is 4.39 Å². The van der Waals surface area contributed by atoms with Crippen LogP contribution in [0, 0.1) is 5.82 Å². The monoisotopic (exact) mass is 504 g/mol. The zero-order valence-corrected chi connectivity index (χ0v) is 19.8. The molecule has 35 heavy (non-hydrogen) atoms. The molecule has 1 unspecified atom stereocenters. The van der Waals surface area contributed by atoms with E-state index in [1.54, 1.807) is 18.3 Å². The summed E-state index contributed by atoms with van der Waals surface area (Å²) in [5, 5.41) is 9.17. The van der Waals surface area contributed by atoms with Crippen LogP contribution in [0.1, 0.15) is 38.7 Å². The van der Waals surface area contributed by atoms with Gasteiger partial charge in [-0.05, 0) is 65.2 Å². The number of carbonyl (C=O) groups excluding carboxylic acids is 1. The molecule has 3 heterocycles. The van der Waals surface area contributed by atoms with Crippen molar-refractivity contribution in [2.75, 3.05) is 0 Å². The van der Waals surface area contributed by atoms with Gasteiger partial charge in [0.15, 0.2) is 0 Å². The van der Waals surface area contributed by atoms with E-state index >= 15 is 0 Å². The number of amides is 1. The Morgan fingerprint density at radius 1 is 1.11 bits per heavy atom. The minimum absolute atomic E-state index is 0.0518. The first-order valence-electron chi connectivity index (χ1n) is 11.1. The molecule has 1 aliphatic rings. The fraction of sp³-hybridized carbons (Fsp3) is 0.111. The van der Waals surface area contributed by atoms with E-state index in [4.69, 9.17) is 23.2 Å². The molecule has 8 heteroatoms. The van der Waals surface area contributed by atoms with E-state index in [9.17, 15) is 9.18 Å². The average molecular weight is 505 g/mol. The van der Waals surface area contributed by atoms with Crippen LogP contribution < -0.4 is 10.6 Å². The number of benzene rings is 3. The highest BCUT2D eigenvalue weighted by Gasteiger charge is 2.25. The zero-order valence-electron chi connectivity index (χ0n) is 18.3. The predicted molar refractivity (Wildman–Crippen MR) is 136 cm³/mol. The summed E-state index contributed by atoms with van der Waals surface area (Å²) in [7, 11) is 0. The van der Waals surface area contributed by atoms with Crippen LogP contribution >= 0.6 is 23.2 Å². The number of H-pyrrole nitrogens is 1. The van der Waals surface area contributed by atoms with E-state index in [1.807, 2.05) is 36.5 Å². The Morgan fingerprint density at radius 2 is 2.00 bits per heavy atom. The van der Waals surface area contributed by atoms with Gasteiger partial charge in [0.1, 0.15) is 5.82 Å². The van der Waals surface area contributed by atoms with Crippen molar-refractivity contribution in [1.82, 2.24) is 20.6 Å². The van der Waals surface area contributed by atoms with Gasteiger partial charge in [0.25, 0.3) is 5.91 Å². The number of carbonyl (C=O) groups is 1. The standard InChI is InChI=1S/C27H19Cl2FN4O/c28-19-3-4-24-16(6-19)5-18(12-31-24)26-20-7-14(1-2-15(20)10-33-26)27(35)34-11-17-8-21-22(29)13-32-25(21)9-23(17)30/h1-9,12-13,26,32-33H,10-11H2,(H,34,35). The Morgan fingerprint density at radius 3 is 2.89 bits per heavy atom. The number of rotatable bonds is 4. The summed E-state index contributed by atoms with van der Waals surface area (Å²) in [6, 6.07) is 16.3. The molecule has 3 aromatic carbocycles. The van der Waals surface area contributed by atoms with E-state index in [-0.39, 0.29) is 18.5 Å². The van der Waals surface area contributed by atoms with Gasteiger partial charge in [-0.1, -0.05) is 29.3 Å². The summed E-state index contributed by atoms with van der Waals surface area (Å²) in [5.74, 6) is -0.681. The van der Waals surface area contributed by atoms with Crippen molar-refractivity contribution < 1.29 is 9.18 Å². The van der Waals surface area contributed by atoms with Crippen LogP contribution in [0.15, 0.2) is 67.0 Å². The average Bonchev–Trinajstić information content (AvgIpc) is 3.44. The summed E-state index contributed by atoms with van der Waals surface area (Å²) in [6.07, 6.45) is 3.46. The highest BCUT2D eigenvalue weighted by molar-refractivity contribution is 6.35. The number of aromatic amines is 1. The molecular weight excluding hydrogens is 486 g/mol. The van der Waals surface area contributed by atoms with Crippen LogP contribution in [-0.2, 0) is 13.1 Å². The minimum atomic E-state index is -0.404. The molecular formula is C27H19Cl2FN4O. The van der Waals surface area contributed by atoms with Crippen LogP contribution in [0.3, 0.4) is 0 Å². The van der Waals surface area contributed by atoms with Gasteiger partial charge in [-0.2, -0.15) is 0 Å². The SMILES string of the molecule is O=C(NCc1cc2c(Cl)c[nH]c2cc1F)c1ccc2c(c1)C(c1cnc3ccc(Cl)cc3c1)NC2. The number of hydrogen-bond acceptors (Lipinski definition) is 3. The van der Waals surface area contributed by atoms with Crippen LogP contribution in [0.5, 0.6) is 0 Å². The summed E-state index contributed by atoms with van der Waals surface area (Å²) < 4.78 is 14.5. The van der Waals surface area contributed by atoms with Crippen LogP contribution in [0.25, 0.3) is 21.8 Å². The Kier molecular flexibility index (Phi) is 5.44. The number of nitrogens with zero attached hydrogens (tertiary/aromatic N) is 1. The maximum atomic E-state index is 14.5. The first kappa shape index (κ1) is 22.0. The second kappa shape index (κ2) is 8.64. The van der Waals surface area contributed by atoms with E-state index < -0.39 is 5.82 Å². The van der Waals surface area contributed by atoms with Crippen molar-refractivity contribution in [3.63, 3.8) is 0 Å². The molecule has 1 atom stereocenters. The fourth-order valence-corrected chi connectivity index (χ4v) is 5.02. The van der Waals surface area contributed by atoms with Crippen LogP contribution in [0.2, 0.25) is 10.0 Å². The Balaban J connectivity index is 1.25. The van der Waals surface area contributed by atoms with Gasteiger partial charge in [-0.25, -0.2) is 4.39 Å². The number of pyridine rings is 1. The Hall–Kier alpha value is -3.45. The second-order valence-corrected chi connectivity index (χ2v) is 9.49. The molecule has 6 rings (SSSR count). The molecule has 174 valence electrons. The normalized spacial score (nSPS) is 15.0. The molecule has 2 aromatic heterocycles. The summed E-state index contributed by atoms with van der Waals surface area (Å²) in [4.78, 5) is 20.4. The number of hydrogen-bond donors (Lipinski definition) is 3. The Labute approximate surface area is 210 Å². The van der Waals surface area contributed by atoms with Crippen molar-refractivity contribution in [1.29, 1.82) is 0 Å². The summed E-state index contributed by atoms with van der Waals surface area (Å²) in [6.45, 7) is 0.744. The number of halogens is 3. The lowest BCUT2D eigenvalue weighted by atomic mass is 9.96.